The Labute approximate surface area is 67.5 Å². The number of hydrogen-bond donors (Lipinski definition) is 1. The molecule has 0 unspecified atom stereocenters. The molecule has 0 aliphatic carbocycles. The first-order valence-electron chi connectivity index (χ1n) is 3.08. The molecule has 0 spiro atoms. The molecule has 0 aliphatic rings. The molecule has 0 amide bonds. The van der Waals surface area contributed by atoms with Gasteiger partial charge in [-0.1, -0.05) is 0 Å². The molecule has 5 heteroatoms. The third kappa shape index (κ3) is 1.14. The molecule has 4 nitrogen and oxygen atoms in total. The number of imidazole rings is 1. The molecule has 1 radical (unpaired) electrons. The van der Waals surface area contributed by atoms with Crippen LogP contribution in [0.25, 0.3) is 10.7 Å². The summed E-state index contributed by atoms with van der Waals surface area (Å²) in [6.45, 7) is 1.86. The van der Waals surface area contributed by atoms with Gasteiger partial charge in [-0.15, -0.1) is 0 Å². The predicted molar refractivity (Wildman–Crippen MR) is 41.1 cm³/mol. The zero-order valence-electron chi connectivity index (χ0n) is 5.83. The Hall–Kier alpha value is -1.23. The van der Waals surface area contributed by atoms with Crippen molar-refractivity contribution in [2.24, 2.45) is 0 Å². The van der Waals surface area contributed by atoms with E-state index >= 15 is 0 Å². The van der Waals surface area contributed by atoms with Crippen LogP contribution in [0.4, 0.5) is 0 Å². The molecule has 0 aliphatic heterocycles. The summed E-state index contributed by atoms with van der Waals surface area (Å²) >= 11 is 1.34. The van der Waals surface area contributed by atoms with Crippen molar-refractivity contribution in [2.45, 2.75) is 6.92 Å². The SMILES string of the molecule is Cc1nsc(-c2c[nH][c]n2)n1. The van der Waals surface area contributed by atoms with Crippen LogP contribution in [0, 0.1) is 13.3 Å². The molecule has 2 rings (SSSR count). The van der Waals surface area contributed by atoms with E-state index in [1.54, 1.807) is 6.20 Å². The average Bonchev–Trinajstić information content (AvgIpc) is 2.55. The number of nitrogens with zero attached hydrogens (tertiary/aromatic N) is 3. The number of aryl methyl sites for hydroxylation is 1. The van der Waals surface area contributed by atoms with E-state index in [4.69, 9.17) is 0 Å². The first-order chi connectivity index (χ1) is 5.36. The monoisotopic (exact) mass is 165 g/mol. The van der Waals surface area contributed by atoms with Gasteiger partial charge in [-0.3, -0.25) is 0 Å². The van der Waals surface area contributed by atoms with Gasteiger partial charge < -0.3 is 4.98 Å². The first kappa shape index (κ1) is 6.48. The Morgan fingerprint density at radius 1 is 1.64 bits per heavy atom. The number of aromatic amines is 1. The lowest BCUT2D eigenvalue weighted by atomic mass is 10.5. The molecule has 1 N–H and O–H groups in total. The van der Waals surface area contributed by atoms with Crippen LogP contribution in [0.15, 0.2) is 6.20 Å². The molecule has 0 fully saturated rings. The Kier molecular flexibility index (Phi) is 1.43. The topological polar surface area (TPSA) is 54.5 Å². The van der Waals surface area contributed by atoms with Crippen LogP contribution < -0.4 is 0 Å². The zero-order chi connectivity index (χ0) is 7.68. The van der Waals surface area contributed by atoms with Crippen molar-refractivity contribution in [3.63, 3.8) is 0 Å². The van der Waals surface area contributed by atoms with Gasteiger partial charge in [-0.25, -0.2) is 9.97 Å². The smallest absolute Gasteiger partial charge is 0.174 e. The highest BCUT2D eigenvalue weighted by Gasteiger charge is 2.04. The second kappa shape index (κ2) is 2.43. The molecule has 2 aromatic rings. The summed E-state index contributed by atoms with van der Waals surface area (Å²) in [5, 5.41) is 0.833. The van der Waals surface area contributed by atoms with Gasteiger partial charge in [0.1, 0.15) is 11.5 Å². The van der Waals surface area contributed by atoms with Crippen LogP contribution in [0.3, 0.4) is 0 Å². The highest BCUT2D eigenvalue weighted by Crippen LogP contribution is 2.16. The summed E-state index contributed by atoms with van der Waals surface area (Å²) in [5.41, 5.74) is 0.801. The third-order valence-electron chi connectivity index (χ3n) is 1.20. The van der Waals surface area contributed by atoms with Crippen molar-refractivity contribution in [1.82, 2.24) is 19.3 Å². The minimum atomic E-state index is 0.785. The number of nitrogens with one attached hydrogen (secondary N) is 1. The predicted octanol–water partition coefficient (Wildman–Crippen LogP) is 1.04. The number of hydrogen-bond acceptors (Lipinski definition) is 4. The van der Waals surface area contributed by atoms with E-state index in [1.807, 2.05) is 6.92 Å². The van der Waals surface area contributed by atoms with Gasteiger partial charge in [0.15, 0.2) is 11.3 Å². The average molecular weight is 165 g/mol. The van der Waals surface area contributed by atoms with E-state index in [2.05, 4.69) is 25.7 Å². The van der Waals surface area contributed by atoms with E-state index in [9.17, 15) is 0 Å². The molecular formula is C6H5N4S. The van der Waals surface area contributed by atoms with Crippen molar-refractivity contribution in [3.05, 3.63) is 18.3 Å². The standard InChI is InChI=1S/C6H5N4S/c1-4-9-6(11-10-4)5-2-7-3-8-5/h2H,1H3,(H,7,8). The fourth-order valence-electron chi connectivity index (χ4n) is 0.736. The van der Waals surface area contributed by atoms with Crippen molar-refractivity contribution < 1.29 is 0 Å². The van der Waals surface area contributed by atoms with Gasteiger partial charge in [0.2, 0.25) is 0 Å². The lowest BCUT2D eigenvalue weighted by Gasteiger charge is -1.81. The van der Waals surface area contributed by atoms with Gasteiger partial charge in [-0.05, 0) is 18.5 Å². The maximum Gasteiger partial charge on any atom is 0.174 e. The molecule has 0 saturated heterocycles. The Morgan fingerprint density at radius 2 is 2.55 bits per heavy atom. The van der Waals surface area contributed by atoms with Crippen molar-refractivity contribution in [3.8, 4) is 10.7 Å². The van der Waals surface area contributed by atoms with E-state index < -0.39 is 0 Å². The second-order valence-corrected chi connectivity index (χ2v) is 2.80. The van der Waals surface area contributed by atoms with Crippen LogP contribution in [0.2, 0.25) is 0 Å². The van der Waals surface area contributed by atoms with Gasteiger partial charge in [0, 0.05) is 6.20 Å². The molecule has 11 heavy (non-hydrogen) atoms. The van der Waals surface area contributed by atoms with Crippen molar-refractivity contribution >= 4 is 11.5 Å². The minimum Gasteiger partial charge on any atom is -0.341 e. The van der Waals surface area contributed by atoms with Crippen molar-refractivity contribution in [2.75, 3.05) is 0 Å². The Morgan fingerprint density at radius 3 is 3.09 bits per heavy atom. The molecular weight excluding hydrogens is 160 g/mol. The molecule has 0 aromatic carbocycles. The Bertz CT molecular complexity index is 337. The fourth-order valence-corrected chi connectivity index (χ4v) is 1.37. The van der Waals surface area contributed by atoms with E-state index in [1.165, 1.54) is 11.5 Å². The maximum atomic E-state index is 4.16. The summed E-state index contributed by atoms with van der Waals surface area (Å²) in [5.74, 6) is 0.785. The largest absolute Gasteiger partial charge is 0.341 e. The summed E-state index contributed by atoms with van der Waals surface area (Å²) in [4.78, 5) is 10.8. The molecule has 0 bridgehead atoms. The van der Waals surface area contributed by atoms with Gasteiger partial charge in [-0.2, -0.15) is 4.37 Å². The quantitative estimate of drug-likeness (QED) is 0.686. The van der Waals surface area contributed by atoms with Crippen LogP contribution >= 0.6 is 11.5 Å². The second-order valence-electron chi connectivity index (χ2n) is 2.04. The van der Waals surface area contributed by atoms with Crippen LogP contribution in [-0.4, -0.2) is 19.3 Å². The van der Waals surface area contributed by atoms with E-state index in [0.29, 0.717) is 0 Å². The van der Waals surface area contributed by atoms with E-state index in [-0.39, 0.29) is 0 Å². The zero-order valence-corrected chi connectivity index (χ0v) is 6.64. The summed E-state index contributed by atoms with van der Waals surface area (Å²) < 4.78 is 4.04. The molecule has 0 saturated carbocycles. The van der Waals surface area contributed by atoms with Gasteiger partial charge in [0.25, 0.3) is 0 Å². The normalized spacial score (nSPS) is 10.3. The summed E-state index contributed by atoms with van der Waals surface area (Å²) in [6, 6.07) is 0. The van der Waals surface area contributed by atoms with Crippen LogP contribution in [0.1, 0.15) is 5.82 Å². The van der Waals surface area contributed by atoms with Gasteiger partial charge >= 0.3 is 0 Å². The fraction of sp³-hybridized carbons (Fsp3) is 0.167. The Balaban J connectivity index is 2.45. The molecule has 0 atom stereocenters. The summed E-state index contributed by atoms with van der Waals surface area (Å²) in [6.07, 6.45) is 4.35. The maximum absolute atomic E-state index is 4.16. The number of aromatic nitrogens is 4. The van der Waals surface area contributed by atoms with Crippen LogP contribution in [-0.2, 0) is 0 Å². The van der Waals surface area contributed by atoms with Crippen molar-refractivity contribution in [1.29, 1.82) is 0 Å². The highest BCUT2D eigenvalue weighted by molar-refractivity contribution is 7.09. The highest BCUT2D eigenvalue weighted by atomic mass is 32.1. The van der Waals surface area contributed by atoms with Crippen LogP contribution in [0.5, 0.6) is 0 Å². The molecule has 2 aromatic heterocycles. The lowest BCUT2D eigenvalue weighted by molar-refractivity contribution is 1.16. The molecule has 55 valence electrons. The lowest BCUT2D eigenvalue weighted by Crippen LogP contribution is -1.75. The number of rotatable bonds is 1. The third-order valence-corrected chi connectivity index (χ3v) is 2.03. The van der Waals surface area contributed by atoms with E-state index in [0.717, 1.165) is 16.5 Å². The molecule has 2 heterocycles. The van der Waals surface area contributed by atoms with Gasteiger partial charge in [0.05, 0.1) is 0 Å². The summed E-state index contributed by atoms with van der Waals surface area (Å²) in [7, 11) is 0. The number of H-pyrrole nitrogens is 1. The first-order valence-corrected chi connectivity index (χ1v) is 3.86. The minimum absolute atomic E-state index is 0.785.